The molecule has 0 amide bonds. The number of rotatable bonds is 3. The second kappa shape index (κ2) is 6.50. The topological polar surface area (TPSA) is 76.2 Å². The molecule has 3 aromatic heterocycles. The molecule has 0 radical (unpaired) electrons. The second-order valence-electron chi connectivity index (χ2n) is 7.59. The van der Waals surface area contributed by atoms with Crippen LogP contribution in [0.25, 0.3) is 32.3 Å². The Morgan fingerprint density at radius 3 is 2.93 bits per heavy atom. The van der Waals surface area contributed by atoms with E-state index < -0.39 is 0 Å². The molecule has 1 aliphatic rings. The molecule has 7 heteroatoms. The molecule has 144 valence electrons. The summed E-state index contributed by atoms with van der Waals surface area (Å²) in [6.07, 6.45) is 2.26. The lowest BCUT2D eigenvalue weighted by Gasteiger charge is -2.19. The molecule has 1 aliphatic heterocycles. The number of hydrogen-bond acceptors (Lipinski definition) is 5. The third kappa shape index (κ3) is 2.77. The maximum atomic E-state index is 12.6. The van der Waals surface area contributed by atoms with E-state index in [0.717, 1.165) is 30.3 Å². The van der Waals surface area contributed by atoms with E-state index in [1.807, 2.05) is 30.3 Å². The Bertz CT molecular complexity index is 1380. The summed E-state index contributed by atoms with van der Waals surface area (Å²) in [5.74, 6) is 0.706. The Morgan fingerprint density at radius 1 is 1.14 bits per heavy atom. The molecule has 6 rings (SSSR count). The quantitative estimate of drug-likeness (QED) is 0.485. The number of aromatic nitrogens is 3. The molecule has 1 saturated heterocycles. The number of likely N-dealkylation sites (tertiary alicyclic amines) is 1. The zero-order valence-corrected chi connectivity index (χ0v) is 16.5. The molecule has 5 aromatic rings. The Morgan fingerprint density at radius 2 is 2.00 bits per heavy atom. The first-order chi connectivity index (χ1) is 14.3. The van der Waals surface area contributed by atoms with Gasteiger partial charge in [-0.15, -0.1) is 11.3 Å². The van der Waals surface area contributed by atoms with Gasteiger partial charge in [0, 0.05) is 18.2 Å². The van der Waals surface area contributed by atoms with E-state index in [9.17, 15) is 4.79 Å². The highest BCUT2D eigenvalue weighted by atomic mass is 32.1. The van der Waals surface area contributed by atoms with Crippen molar-refractivity contribution in [2.75, 3.05) is 6.54 Å². The standard InChI is InChI=1S/C22H18N4O2S/c27-21-20-19(13-6-1-3-9-16(13)28-20)24-18(25-21)12-26-11-5-8-15(26)22-23-14-7-2-4-10-17(14)29-22/h1-4,6-7,9-10,15H,5,8,11-12H2,(H,24,25,27)/p+1/t15-/m1/s1. The lowest BCUT2D eigenvalue weighted by Crippen LogP contribution is -3.09. The maximum absolute atomic E-state index is 12.6. The molecule has 4 heterocycles. The average Bonchev–Trinajstić information content (AvgIpc) is 3.44. The first-order valence-corrected chi connectivity index (χ1v) is 10.7. The molecule has 2 N–H and O–H groups in total. The van der Waals surface area contributed by atoms with Crippen LogP contribution in [0, 0.1) is 0 Å². The fourth-order valence-corrected chi connectivity index (χ4v) is 5.57. The van der Waals surface area contributed by atoms with Crippen LogP contribution in [0.1, 0.15) is 29.7 Å². The normalized spacial score (nSPS) is 19.6. The van der Waals surface area contributed by atoms with E-state index >= 15 is 0 Å². The molecule has 0 aliphatic carbocycles. The predicted octanol–water partition coefficient (Wildman–Crippen LogP) is 3.20. The van der Waals surface area contributed by atoms with E-state index in [-0.39, 0.29) is 5.56 Å². The van der Waals surface area contributed by atoms with Gasteiger partial charge in [0.1, 0.15) is 23.7 Å². The molecular weight excluding hydrogens is 384 g/mol. The molecule has 0 saturated carbocycles. The highest BCUT2D eigenvalue weighted by molar-refractivity contribution is 7.18. The first kappa shape index (κ1) is 16.9. The highest BCUT2D eigenvalue weighted by Gasteiger charge is 2.33. The minimum absolute atomic E-state index is 0.212. The second-order valence-corrected chi connectivity index (χ2v) is 8.65. The molecule has 6 nitrogen and oxygen atoms in total. The van der Waals surface area contributed by atoms with E-state index in [4.69, 9.17) is 14.4 Å². The van der Waals surface area contributed by atoms with E-state index in [1.165, 1.54) is 14.6 Å². The molecule has 29 heavy (non-hydrogen) atoms. The van der Waals surface area contributed by atoms with Crippen molar-refractivity contribution in [2.45, 2.75) is 25.4 Å². The molecule has 2 aromatic carbocycles. The Labute approximate surface area is 169 Å². The third-order valence-corrected chi connectivity index (χ3v) is 6.92. The van der Waals surface area contributed by atoms with Crippen molar-refractivity contribution in [1.82, 2.24) is 15.0 Å². The number of aromatic amines is 1. The summed E-state index contributed by atoms with van der Waals surface area (Å²) < 4.78 is 6.94. The maximum Gasteiger partial charge on any atom is 0.294 e. The summed E-state index contributed by atoms with van der Waals surface area (Å²) in [5.41, 5.74) is 2.50. The number of nitrogens with one attached hydrogen (secondary N) is 2. The minimum atomic E-state index is -0.212. The van der Waals surface area contributed by atoms with Crippen molar-refractivity contribution < 1.29 is 9.32 Å². The lowest BCUT2D eigenvalue weighted by molar-refractivity contribution is -0.932. The number of para-hydroxylation sites is 2. The number of quaternary nitrogens is 1. The lowest BCUT2D eigenvalue weighted by atomic mass is 10.2. The highest BCUT2D eigenvalue weighted by Crippen LogP contribution is 2.29. The molecule has 0 spiro atoms. The van der Waals surface area contributed by atoms with Crippen molar-refractivity contribution in [2.24, 2.45) is 0 Å². The van der Waals surface area contributed by atoms with E-state index in [2.05, 4.69) is 23.2 Å². The van der Waals surface area contributed by atoms with E-state index in [1.54, 1.807) is 11.3 Å². The first-order valence-electron chi connectivity index (χ1n) is 9.87. The van der Waals surface area contributed by atoms with Gasteiger partial charge in [0.05, 0.1) is 16.8 Å². The van der Waals surface area contributed by atoms with Gasteiger partial charge in [-0.05, 0) is 24.3 Å². The summed E-state index contributed by atoms with van der Waals surface area (Å²) in [5, 5.41) is 2.06. The van der Waals surface area contributed by atoms with Crippen LogP contribution in [0.15, 0.2) is 57.7 Å². The van der Waals surface area contributed by atoms with E-state index in [0.29, 0.717) is 35.1 Å². The van der Waals surface area contributed by atoms with Crippen molar-refractivity contribution in [3.63, 3.8) is 0 Å². The van der Waals surface area contributed by atoms with Gasteiger partial charge in [-0.25, -0.2) is 9.97 Å². The average molecular weight is 403 g/mol. The SMILES string of the molecule is O=c1[nH]c(C[NH+]2CCC[C@@H]2c2nc3ccccc3s2)nc2c1oc1ccccc12. The Balaban J connectivity index is 1.37. The van der Waals surface area contributed by atoms with Crippen LogP contribution < -0.4 is 10.5 Å². The summed E-state index contributed by atoms with van der Waals surface area (Å²) in [4.78, 5) is 26.6. The number of thiazole rings is 1. The summed E-state index contributed by atoms with van der Waals surface area (Å²) in [6.45, 7) is 1.72. The summed E-state index contributed by atoms with van der Waals surface area (Å²) in [6, 6.07) is 16.3. The minimum Gasteiger partial charge on any atom is -0.449 e. The monoisotopic (exact) mass is 403 g/mol. The fraction of sp³-hybridized carbons (Fsp3) is 0.227. The van der Waals surface area contributed by atoms with Gasteiger partial charge >= 0.3 is 0 Å². The van der Waals surface area contributed by atoms with Crippen LogP contribution in [0.4, 0.5) is 0 Å². The molecule has 2 atom stereocenters. The fourth-order valence-electron chi connectivity index (χ4n) is 4.41. The van der Waals surface area contributed by atoms with Crippen LogP contribution >= 0.6 is 11.3 Å². The van der Waals surface area contributed by atoms with Gasteiger partial charge in [-0.2, -0.15) is 0 Å². The van der Waals surface area contributed by atoms with Crippen molar-refractivity contribution >= 4 is 43.6 Å². The van der Waals surface area contributed by atoms with Crippen molar-refractivity contribution in [1.29, 1.82) is 0 Å². The van der Waals surface area contributed by atoms with Gasteiger partial charge in [-0.3, -0.25) is 4.79 Å². The summed E-state index contributed by atoms with van der Waals surface area (Å²) >= 11 is 1.78. The van der Waals surface area contributed by atoms with Crippen LogP contribution in [0.2, 0.25) is 0 Å². The number of furan rings is 1. The zero-order valence-electron chi connectivity index (χ0n) is 15.6. The number of H-pyrrole nitrogens is 1. The number of hydrogen-bond donors (Lipinski definition) is 2. The third-order valence-electron chi connectivity index (χ3n) is 5.77. The van der Waals surface area contributed by atoms with Gasteiger partial charge in [0.2, 0.25) is 5.58 Å². The largest absolute Gasteiger partial charge is 0.449 e. The summed E-state index contributed by atoms with van der Waals surface area (Å²) in [7, 11) is 0. The zero-order chi connectivity index (χ0) is 19.4. The van der Waals surface area contributed by atoms with Crippen LogP contribution in [0.3, 0.4) is 0 Å². The number of benzene rings is 2. The number of fused-ring (bicyclic) bond motifs is 4. The predicted molar refractivity (Wildman–Crippen MR) is 113 cm³/mol. The molecule has 0 bridgehead atoms. The van der Waals surface area contributed by atoms with Gasteiger partial charge in [0.25, 0.3) is 5.56 Å². The van der Waals surface area contributed by atoms with Crippen molar-refractivity contribution in [3.05, 3.63) is 69.7 Å². The van der Waals surface area contributed by atoms with Crippen molar-refractivity contribution in [3.8, 4) is 0 Å². The van der Waals surface area contributed by atoms with Gasteiger partial charge < -0.3 is 14.3 Å². The van der Waals surface area contributed by atoms with Gasteiger partial charge in [-0.1, -0.05) is 24.3 Å². The smallest absolute Gasteiger partial charge is 0.294 e. The Kier molecular flexibility index (Phi) is 3.79. The molecule has 1 fully saturated rings. The molecule has 1 unspecified atom stereocenters. The van der Waals surface area contributed by atoms with Crippen LogP contribution in [-0.4, -0.2) is 21.5 Å². The molecular formula is C22H19N4O2S+. The van der Waals surface area contributed by atoms with Crippen LogP contribution in [-0.2, 0) is 6.54 Å². The Hall–Kier alpha value is -3.03. The van der Waals surface area contributed by atoms with Gasteiger partial charge in [0.15, 0.2) is 10.8 Å². The van der Waals surface area contributed by atoms with Crippen LogP contribution in [0.5, 0.6) is 0 Å². The number of nitrogens with zero attached hydrogens (tertiary/aromatic N) is 2.